The van der Waals surface area contributed by atoms with Gasteiger partial charge in [0, 0.05) is 15.7 Å². The first-order chi connectivity index (χ1) is 13.3. The van der Waals surface area contributed by atoms with Crippen LogP contribution in [0.15, 0.2) is 32.5 Å². The molecule has 0 aliphatic heterocycles. The number of aromatic nitrogens is 2. The summed E-state index contributed by atoms with van der Waals surface area (Å²) in [5.74, 6) is -0.916. The first-order valence-corrected chi connectivity index (χ1v) is 10.4. The molecule has 3 aromatic rings. The molecular weight excluding hydrogens is 517 g/mol. The number of carboxylic acids is 1. The molecule has 2 aromatic heterocycles. The number of anilines is 2. The highest BCUT2D eigenvalue weighted by Gasteiger charge is 2.16. The molecule has 28 heavy (non-hydrogen) atoms. The molecule has 1 aromatic carbocycles. The number of rotatable bonds is 6. The van der Waals surface area contributed by atoms with E-state index in [9.17, 15) is 14.3 Å². The Morgan fingerprint density at radius 2 is 2.04 bits per heavy atom. The largest absolute Gasteiger partial charge is 0.481 e. The Morgan fingerprint density at radius 3 is 2.61 bits per heavy atom. The number of aryl methyl sites for hydroxylation is 1. The quantitative estimate of drug-likeness (QED) is 0.413. The van der Waals surface area contributed by atoms with E-state index in [2.05, 4.69) is 47.1 Å². The number of halogens is 3. The summed E-state index contributed by atoms with van der Waals surface area (Å²) >= 11 is 8.30. The van der Waals surface area contributed by atoms with Crippen LogP contribution in [0.2, 0.25) is 0 Å². The van der Waals surface area contributed by atoms with Crippen LogP contribution in [0.25, 0.3) is 10.7 Å². The van der Waals surface area contributed by atoms with Crippen LogP contribution in [0.1, 0.15) is 16.8 Å². The highest BCUT2D eigenvalue weighted by atomic mass is 79.9. The fraction of sp³-hybridized carbons (Fsp3) is 0.167. The lowest BCUT2D eigenvalue weighted by Crippen LogP contribution is -2.07. The summed E-state index contributed by atoms with van der Waals surface area (Å²) in [4.78, 5) is 20.5. The average molecular weight is 531 g/mol. The fourth-order valence-electron chi connectivity index (χ4n) is 2.53. The van der Waals surface area contributed by atoms with Crippen LogP contribution in [0.3, 0.4) is 0 Å². The van der Waals surface area contributed by atoms with Crippen molar-refractivity contribution in [2.45, 2.75) is 20.0 Å². The molecule has 0 fully saturated rings. The van der Waals surface area contributed by atoms with E-state index in [0.717, 1.165) is 19.2 Å². The van der Waals surface area contributed by atoms with Gasteiger partial charge in [-0.3, -0.25) is 4.79 Å². The fourth-order valence-corrected chi connectivity index (χ4v) is 4.50. The molecule has 2 heterocycles. The number of nitrogens with zero attached hydrogens (tertiary/aromatic N) is 2. The Morgan fingerprint density at radius 1 is 1.29 bits per heavy atom. The predicted octanol–water partition coefficient (Wildman–Crippen LogP) is 5.04. The van der Waals surface area contributed by atoms with Crippen molar-refractivity contribution in [3.63, 3.8) is 0 Å². The first-order valence-electron chi connectivity index (χ1n) is 7.99. The monoisotopic (exact) mass is 529 g/mol. The van der Waals surface area contributed by atoms with Crippen molar-refractivity contribution in [1.82, 2.24) is 9.97 Å². The van der Waals surface area contributed by atoms with Gasteiger partial charge in [0.15, 0.2) is 5.82 Å². The van der Waals surface area contributed by atoms with Crippen LogP contribution in [-0.4, -0.2) is 26.2 Å². The predicted molar refractivity (Wildman–Crippen MR) is 112 cm³/mol. The van der Waals surface area contributed by atoms with E-state index < -0.39 is 11.8 Å². The van der Waals surface area contributed by atoms with Gasteiger partial charge in [0.25, 0.3) is 0 Å². The Labute approximate surface area is 180 Å². The van der Waals surface area contributed by atoms with Gasteiger partial charge in [-0.2, -0.15) is 0 Å². The summed E-state index contributed by atoms with van der Waals surface area (Å²) in [6.07, 6.45) is -0.266. The van der Waals surface area contributed by atoms with Crippen molar-refractivity contribution in [3.8, 4) is 10.7 Å². The van der Waals surface area contributed by atoms with E-state index in [1.165, 1.54) is 23.5 Å². The average Bonchev–Trinajstić information content (AvgIpc) is 2.95. The second-order valence-electron chi connectivity index (χ2n) is 5.86. The molecule has 0 aliphatic carbocycles. The van der Waals surface area contributed by atoms with E-state index in [0.29, 0.717) is 22.6 Å². The van der Waals surface area contributed by atoms with Gasteiger partial charge in [0.1, 0.15) is 11.6 Å². The lowest BCUT2D eigenvalue weighted by atomic mass is 10.1. The summed E-state index contributed by atoms with van der Waals surface area (Å²) in [7, 11) is 0. The molecule has 3 N–H and O–H groups in total. The van der Waals surface area contributed by atoms with Gasteiger partial charge in [0.2, 0.25) is 0 Å². The lowest BCUT2D eigenvalue weighted by Gasteiger charge is -2.14. The molecule has 0 saturated heterocycles. The topological polar surface area (TPSA) is 95.3 Å². The van der Waals surface area contributed by atoms with E-state index in [-0.39, 0.29) is 24.5 Å². The molecule has 0 atom stereocenters. The Hall–Kier alpha value is -1.88. The van der Waals surface area contributed by atoms with Crippen molar-refractivity contribution in [2.75, 3.05) is 5.32 Å². The molecule has 0 saturated carbocycles. The second-order valence-corrected chi connectivity index (χ2v) is 9.08. The zero-order valence-electron chi connectivity index (χ0n) is 14.5. The van der Waals surface area contributed by atoms with Crippen LogP contribution >= 0.6 is 43.2 Å². The number of carbonyl (C=O) groups is 1. The van der Waals surface area contributed by atoms with Crippen LogP contribution in [-0.2, 0) is 17.8 Å². The van der Waals surface area contributed by atoms with Gasteiger partial charge in [-0.1, -0.05) is 6.07 Å². The third kappa shape index (κ3) is 4.57. The van der Waals surface area contributed by atoms with E-state index in [4.69, 9.17) is 5.11 Å². The van der Waals surface area contributed by atoms with Crippen molar-refractivity contribution >= 4 is 60.7 Å². The van der Waals surface area contributed by atoms with Gasteiger partial charge < -0.3 is 15.5 Å². The van der Waals surface area contributed by atoms with Gasteiger partial charge in [0.05, 0.1) is 27.4 Å². The highest BCUT2D eigenvalue weighted by Crippen LogP contribution is 2.38. The first kappa shape index (κ1) is 20.8. The second kappa shape index (κ2) is 8.64. The number of aliphatic hydroxyl groups is 1. The van der Waals surface area contributed by atoms with Crippen LogP contribution < -0.4 is 5.32 Å². The third-order valence-electron chi connectivity index (χ3n) is 3.88. The molecule has 0 radical (unpaired) electrons. The molecule has 3 rings (SSSR count). The number of aliphatic hydroxyl groups excluding tert-OH is 1. The standard InChI is InChI=1S/C18H14Br2FN3O3S/c1-8-10(7-25)17(24-18(22-8)14-6-11(19)16(20)28-14)23-13-3-2-9(4-12(13)21)5-15(26)27/h2-4,6,25H,5,7H2,1H3,(H,26,27)(H,22,23,24). The maximum absolute atomic E-state index is 14.4. The number of nitrogens with one attached hydrogen (secondary N) is 1. The van der Waals surface area contributed by atoms with E-state index in [1.807, 2.05) is 6.07 Å². The molecule has 6 nitrogen and oxygen atoms in total. The molecule has 0 aliphatic rings. The normalized spacial score (nSPS) is 10.9. The Bertz CT molecular complexity index is 1040. The zero-order chi connectivity index (χ0) is 20.4. The number of aliphatic carboxylic acids is 1. The van der Waals surface area contributed by atoms with E-state index >= 15 is 0 Å². The summed E-state index contributed by atoms with van der Waals surface area (Å²) in [6, 6.07) is 6.01. The van der Waals surface area contributed by atoms with Gasteiger partial charge in [-0.05, 0) is 62.5 Å². The minimum absolute atomic E-state index is 0.126. The van der Waals surface area contributed by atoms with Crippen molar-refractivity contribution < 1.29 is 19.4 Å². The minimum atomic E-state index is -1.04. The number of hydrogen-bond donors (Lipinski definition) is 3. The molecule has 0 amide bonds. The summed E-state index contributed by atoms with van der Waals surface area (Å²) in [5, 5.41) is 21.4. The number of carboxylic acid groups (broad SMARTS) is 1. The van der Waals surface area contributed by atoms with Gasteiger partial charge in [-0.25, -0.2) is 14.4 Å². The molecular formula is C18H14Br2FN3O3S. The van der Waals surface area contributed by atoms with Crippen molar-refractivity contribution in [3.05, 3.63) is 55.2 Å². The molecule has 146 valence electrons. The highest BCUT2D eigenvalue weighted by molar-refractivity contribution is 9.13. The molecule has 0 bridgehead atoms. The third-order valence-corrected chi connectivity index (χ3v) is 7.13. The summed E-state index contributed by atoms with van der Waals surface area (Å²) < 4.78 is 16.2. The number of hydrogen-bond acceptors (Lipinski definition) is 6. The van der Waals surface area contributed by atoms with Crippen molar-refractivity contribution in [1.29, 1.82) is 0 Å². The number of thiophene rings is 1. The maximum atomic E-state index is 14.4. The Kier molecular flexibility index (Phi) is 6.43. The number of benzene rings is 1. The Balaban J connectivity index is 2.00. The van der Waals surface area contributed by atoms with Gasteiger partial charge in [-0.15, -0.1) is 11.3 Å². The SMILES string of the molecule is Cc1nc(-c2cc(Br)c(Br)s2)nc(Nc2ccc(CC(=O)O)cc2F)c1CO. The summed E-state index contributed by atoms with van der Waals surface area (Å²) in [5.41, 5.74) is 1.50. The maximum Gasteiger partial charge on any atom is 0.307 e. The molecule has 0 spiro atoms. The van der Waals surface area contributed by atoms with Gasteiger partial charge >= 0.3 is 5.97 Å². The minimum Gasteiger partial charge on any atom is -0.481 e. The van der Waals surface area contributed by atoms with Crippen molar-refractivity contribution in [2.24, 2.45) is 0 Å². The van der Waals surface area contributed by atoms with Crippen LogP contribution in [0, 0.1) is 12.7 Å². The van der Waals surface area contributed by atoms with Crippen LogP contribution in [0.4, 0.5) is 15.9 Å². The zero-order valence-corrected chi connectivity index (χ0v) is 18.5. The lowest BCUT2D eigenvalue weighted by molar-refractivity contribution is -0.136. The summed E-state index contributed by atoms with van der Waals surface area (Å²) in [6.45, 7) is 1.43. The molecule has 10 heteroatoms. The smallest absolute Gasteiger partial charge is 0.307 e. The molecule has 0 unspecified atom stereocenters. The van der Waals surface area contributed by atoms with Crippen LogP contribution in [0.5, 0.6) is 0 Å². The van der Waals surface area contributed by atoms with E-state index in [1.54, 1.807) is 6.92 Å².